The zero-order valence-corrected chi connectivity index (χ0v) is 9.69. The van der Waals surface area contributed by atoms with E-state index < -0.39 is 17.3 Å². The Morgan fingerprint density at radius 1 is 1.59 bits per heavy atom. The lowest BCUT2D eigenvalue weighted by Gasteiger charge is -2.33. The van der Waals surface area contributed by atoms with Gasteiger partial charge >= 0.3 is 5.97 Å². The molecule has 17 heavy (non-hydrogen) atoms. The molecule has 0 bridgehead atoms. The van der Waals surface area contributed by atoms with Gasteiger partial charge in [0.15, 0.2) is 5.78 Å². The molecule has 2 rings (SSSR count). The fraction of sp³-hybridized carbons (Fsp3) is 0.583. The summed E-state index contributed by atoms with van der Waals surface area (Å²) in [5.74, 6) is -2.01. The molecule has 0 aromatic heterocycles. The predicted octanol–water partition coefficient (Wildman–Crippen LogP) is 0.201. The quantitative estimate of drug-likeness (QED) is 0.423. The average Bonchev–Trinajstić information content (AvgIpc) is 2.36. The summed E-state index contributed by atoms with van der Waals surface area (Å²) in [7, 11) is 0. The minimum atomic E-state index is -0.956. The second-order valence-electron chi connectivity index (χ2n) is 4.41. The Morgan fingerprint density at radius 3 is 2.82 bits per heavy atom. The maximum Gasteiger partial charge on any atom is 0.317 e. The van der Waals surface area contributed by atoms with Crippen molar-refractivity contribution in [1.82, 2.24) is 5.32 Å². The number of hydrogen-bond acceptors (Lipinski definition) is 4. The highest BCUT2D eigenvalue weighted by molar-refractivity contribution is 6.07. The lowest BCUT2D eigenvalue weighted by atomic mass is 9.69. The van der Waals surface area contributed by atoms with Gasteiger partial charge in [-0.05, 0) is 13.3 Å². The van der Waals surface area contributed by atoms with E-state index in [0.717, 1.165) is 0 Å². The van der Waals surface area contributed by atoms with Crippen molar-refractivity contribution in [1.29, 1.82) is 0 Å². The number of ether oxygens (including phenoxy) is 1. The number of allylic oxidation sites excluding steroid dienone is 1. The maximum absolute atomic E-state index is 12.3. The molecule has 2 atom stereocenters. The molecular formula is C12H15NO4. The molecule has 5 nitrogen and oxygen atoms in total. The average molecular weight is 237 g/mol. The number of hydrogen-bond donors (Lipinski definition) is 1. The molecule has 1 amide bonds. The van der Waals surface area contributed by atoms with Crippen molar-refractivity contribution in [3.8, 4) is 0 Å². The highest BCUT2D eigenvalue weighted by Gasteiger charge is 2.48. The standard InChI is InChI=1S/C12H15NO4/c1-2-17-11(16)8-6-9(14)13-7-12(10(8)15)4-3-5-12/h3-4,8H,2,5-7H2,1H3,(H,13,14). The van der Waals surface area contributed by atoms with Gasteiger partial charge in [-0.2, -0.15) is 0 Å². The topological polar surface area (TPSA) is 72.5 Å². The molecule has 1 spiro atoms. The summed E-state index contributed by atoms with van der Waals surface area (Å²) in [5.41, 5.74) is -0.677. The minimum absolute atomic E-state index is 0.104. The fourth-order valence-electron chi connectivity index (χ4n) is 2.19. The van der Waals surface area contributed by atoms with E-state index >= 15 is 0 Å². The molecule has 2 unspecified atom stereocenters. The van der Waals surface area contributed by atoms with Crippen LogP contribution >= 0.6 is 0 Å². The van der Waals surface area contributed by atoms with Gasteiger partial charge in [0.1, 0.15) is 5.92 Å². The fourth-order valence-corrected chi connectivity index (χ4v) is 2.19. The Kier molecular flexibility index (Phi) is 3.00. The van der Waals surface area contributed by atoms with E-state index in [1.54, 1.807) is 13.0 Å². The number of nitrogens with one attached hydrogen (secondary N) is 1. The molecule has 92 valence electrons. The summed E-state index contributed by atoms with van der Waals surface area (Å²) >= 11 is 0. The molecular weight excluding hydrogens is 222 g/mol. The molecule has 1 fully saturated rings. The monoisotopic (exact) mass is 237 g/mol. The number of carbonyl (C=O) groups excluding carboxylic acids is 3. The second-order valence-corrected chi connectivity index (χ2v) is 4.41. The molecule has 1 saturated heterocycles. The van der Waals surface area contributed by atoms with Crippen molar-refractivity contribution in [3.63, 3.8) is 0 Å². The third kappa shape index (κ3) is 1.97. The number of esters is 1. The lowest BCUT2D eigenvalue weighted by Crippen LogP contribution is -2.44. The Balaban J connectivity index is 2.23. The molecule has 0 radical (unpaired) electrons. The van der Waals surface area contributed by atoms with Gasteiger partial charge in [-0.15, -0.1) is 0 Å². The molecule has 0 aromatic carbocycles. The molecule has 0 saturated carbocycles. The SMILES string of the molecule is CCOC(=O)C1CC(=O)NCC2(C=CC2)C1=O. The van der Waals surface area contributed by atoms with E-state index in [1.165, 1.54) is 0 Å². The zero-order chi connectivity index (χ0) is 12.5. The molecule has 1 N–H and O–H groups in total. The van der Waals surface area contributed by atoms with Crippen molar-refractivity contribution in [2.45, 2.75) is 19.8 Å². The van der Waals surface area contributed by atoms with Crippen LogP contribution < -0.4 is 5.32 Å². The highest BCUT2D eigenvalue weighted by Crippen LogP contribution is 2.38. The van der Waals surface area contributed by atoms with Crippen LogP contribution in [0.4, 0.5) is 0 Å². The second kappa shape index (κ2) is 4.31. The van der Waals surface area contributed by atoms with Gasteiger partial charge in [0, 0.05) is 13.0 Å². The van der Waals surface area contributed by atoms with Crippen molar-refractivity contribution >= 4 is 17.7 Å². The van der Waals surface area contributed by atoms with Crippen LogP contribution in [0.2, 0.25) is 0 Å². The smallest absolute Gasteiger partial charge is 0.317 e. The number of amides is 1. The van der Waals surface area contributed by atoms with Crippen molar-refractivity contribution < 1.29 is 19.1 Å². The Morgan fingerprint density at radius 2 is 2.29 bits per heavy atom. The first kappa shape index (κ1) is 11.8. The Bertz CT molecular complexity index is 401. The summed E-state index contributed by atoms with van der Waals surface area (Å²) in [6.45, 7) is 2.18. The number of ketones is 1. The minimum Gasteiger partial charge on any atom is -0.465 e. The van der Waals surface area contributed by atoms with E-state index in [2.05, 4.69) is 5.32 Å². The summed E-state index contributed by atoms with van der Waals surface area (Å²) in [4.78, 5) is 35.4. The van der Waals surface area contributed by atoms with Crippen LogP contribution in [0.1, 0.15) is 19.8 Å². The third-order valence-electron chi connectivity index (χ3n) is 3.29. The zero-order valence-electron chi connectivity index (χ0n) is 9.69. The van der Waals surface area contributed by atoms with Crippen LogP contribution in [-0.4, -0.2) is 30.8 Å². The first-order valence-electron chi connectivity index (χ1n) is 5.74. The van der Waals surface area contributed by atoms with E-state index in [-0.39, 0.29) is 31.3 Å². The lowest BCUT2D eigenvalue weighted by molar-refractivity contribution is -0.154. The maximum atomic E-state index is 12.3. The molecule has 0 aromatic rings. The summed E-state index contributed by atoms with van der Waals surface area (Å²) in [6, 6.07) is 0. The van der Waals surface area contributed by atoms with Crippen molar-refractivity contribution in [2.24, 2.45) is 11.3 Å². The van der Waals surface area contributed by atoms with E-state index in [4.69, 9.17) is 4.74 Å². The molecule has 1 aliphatic heterocycles. The van der Waals surface area contributed by atoms with Crippen LogP contribution in [0.3, 0.4) is 0 Å². The van der Waals surface area contributed by atoms with Crippen molar-refractivity contribution in [2.75, 3.05) is 13.2 Å². The van der Waals surface area contributed by atoms with Crippen molar-refractivity contribution in [3.05, 3.63) is 12.2 Å². The molecule has 1 heterocycles. The van der Waals surface area contributed by atoms with Gasteiger partial charge in [0.25, 0.3) is 0 Å². The van der Waals surface area contributed by atoms with Crippen LogP contribution in [-0.2, 0) is 19.1 Å². The Labute approximate surface area is 99.2 Å². The van der Waals surface area contributed by atoms with E-state index in [0.29, 0.717) is 6.42 Å². The molecule has 1 aliphatic carbocycles. The number of carbonyl (C=O) groups is 3. The van der Waals surface area contributed by atoms with Crippen LogP contribution in [0.25, 0.3) is 0 Å². The van der Waals surface area contributed by atoms with Crippen LogP contribution in [0, 0.1) is 11.3 Å². The van der Waals surface area contributed by atoms with Gasteiger partial charge in [-0.1, -0.05) is 12.2 Å². The molecule has 2 aliphatic rings. The van der Waals surface area contributed by atoms with Gasteiger partial charge in [0.05, 0.1) is 12.0 Å². The highest BCUT2D eigenvalue weighted by atomic mass is 16.5. The van der Waals surface area contributed by atoms with E-state index in [1.807, 2.05) is 6.08 Å². The Hall–Kier alpha value is -1.65. The van der Waals surface area contributed by atoms with Gasteiger partial charge in [0.2, 0.25) is 5.91 Å². The summed E-state index contributed by atoms with van der Waals surface area (Å²) < 4.78 is 4.85. The first-order valence-corrected chi connectivity index (χ1v) is 5.74. The van der Waals surface area contributed by atoms with Gasteiger partial charge in [-0.25, -0.2) is 0 Å². The van der Waals surface area contributed by atoms with E-state index in [9.17, 15) is 14.4 Å². The normalized spacial score (nSPS) is 31.7. The predicted molar refractivity (Wildman–Crippen MR) is 58.9 cm³/mol. The van der Waals surface area contributed by atoms with Gasteiger partial charge in [-0.3, -0.25) is 14.4 Å². The van der Waals surface area contributed by atoms with Crippen LogP contribution in [0.15, 0.2) is 12.2 Å². The third-order valence-corrected chi connectivity index (χ3v) is 3.29. The first-order chi connectivity index (χ1) is 8.09. The number of Topliss-reactive ketones (excluding diaryl/α,β-unsaturated/α-hetero) is 1. The summed E-state index contributed by atoms with van der Waals surface area (Å²) in [6.07, 6.45) is 4.13. The molecule has 5 heteroatoms. The van der Waals surface area contributed by atoms with Gasteiger partial charge < -0.3 is 10.1 Å². The largest absolute Gasteiger partial charge is 0.465 e. The van der Waals surface area contributed by atoms with Crippen LogP contribution in [0.5, 0.6) is 0 Å². The number of rotatable bonds is 2. The summed E-state index contributed by atoms with van der Waals surface area (Å²) in [5, 5.41) is 2.68.